The first-order valence-corrected chi connectivity index (χ1v) is 7.01. The molecule has 21 heavy (non-hydrogen) atoms. The molecule has 2 aromatic carbocycles. The van der Waals surface area contributed by atoms with Gasteiger partial charge in [0.1, 0.15) is 17.5 Å². The summed E-state index contributed by atoms with van der Waals surface area (Å²) in [5, 5.41) is 10.8. The number of pyridine rings is 1. The number of hydrogen-bond acceptors (Lipinski definition) is 3. The van der Waals surface area contributed by atoms with Gasteiger partial charge in [0, 0.05) is 16.5 Å². The molecule has 0 bridgehead atoms. The molecule has 0 spiro atoms. The first-order chi connectivity index (χ1) is 10.3. The van der Waals surface area contributed by atoms with Gasteiger partial charge >= 0.3 is 0 Å². The van der Waals surface area contributed by atoms with Crippen LogP contribution in [0.15, 0.2) is 54.6 Å². The van der Waals surface area contributed by atoms with Crippen molar-refractivity contribution in [2.24, 2.45) is 0 Å². The Bertz CT molecular complexity index is 774. The second kappa shape index (κ2) is 6.12. The van der Waals surface area contributed by atoms with Gasteiger partial charge in [-0.05, 0) is 18.2 Å². The van der Waals surface area contributed by atoms with Crippen molar-refractivity contribution in [1.29, 1.82) is 0 Å². The van der Waals surface area contributed by atoms with Crippen LogP contribution in [-0.2, 0) is 13.2 Å². The van der Waals surface area contributed by atoms with Crippen molar-refractivity contribution in [2.75, 3.05) is 0 Å². The largest absolute Gasteiger partial charge is 0.488 e. The molecule has 0 fully saturated rings. The molecular weight excluding hydrogens is 286 g/mol. The van der Waals surface area contributed by atoms with E-state index < -0.39 is 0 Å². The molecule has 0 atom stereocenters. The lowest BCUT2D eigenvalue weighted by Gasteiger charge is -2.11. The number of ether oxygens (including phenoxy) is 1. The molecule has 1 N–H and O–H groups in total. The highest BCUT2D eigenvalue weighted by Crippen LogP contribution is 2.24. The zero-order valence-electron chi connectivity index (χ0n) is 11.3. The number of aromatic nitrogens is 1. The van der Waals surface area contributed by atoms with E-state index in [2.05, 4.69) is 4.98 Å². The van der Waals surface area contributed by atoms with E-state index in [1.165, 1.54) is 0 Å². The molecule has 4 heteroatoms. The van der Waals surface area contributed by atoms with Crippen LogP contribution in [0.5, 0.6) is 5.75 Å². The topological polar surface area (TPSA) is 42.4 Å². The number of rotatable bonds is 4. The van der Waals surface area contributed by atoms with E-state index >= 15 is 0 Å². The Morgan fingerprint density at radius 3 is 2.62 bits per heavy atom. The zero-order chi connectivity index (χ0) is 14.7. The van der Waals surface area contributed by atoms with Crippen molar-refractivity contribution in [3.8, 4) is 5.75 Å². The lowest BCUT2D eigenvalue weighted by molar-refractivity contribution is 0.259. The predicted octanol–water partition coefficient (Wildman–Crippen LogP) is 3.96. The lowest BCUT2D eigenvalue weighted by Crippen LogP contribution is -2.00. The minimum atomic E-state index is -0.0557. The number of aliphatic hydroxyl groups excluding tert-OH is 1. The minimum Gasteiger partial charge on any atom is -0.488 e. The van der Waals surface area contributed by atoms with Gasteiger partial charge in [0.05, 0.1) is 12.1 Å². The molecule has 0 unspecified atom stereocenters. The van der Waals surface area contributed by atoms with E-state index in [-0.39, 0.29) is 6.61 Å². The van der Waals surface area contributed by atoms with Crippen molar-refractivity contribution in [1.82, 2.24) is 4.98 Å². The molecular formula is C17H14ClNO2. The summed E-state index contributed by atoms with van der Waals surface area (Å²) in [4.78, 5) is 4.37. The highest BCUT2D eigenvalue weighted by Gasteiger charge is 2.07. The average molecular weight is 300 g/mol. The fourth-order valence-electron chi connectivity index (χ4n) is 2.17. The summed E-state index contributed by atoms with van der Waals surface area (Å²) in [6.45, 7) is 0.257. The van der Waals surface area contributed by atoms with Gasteiger partial charge < -0.3 is 9.84 Å². The Hall–Kier alpha value is -2.10. The van der Waals surface area contributed by atoms with Crippen LogP contribution in [0.1, 0.15) is 11.1 Å². The fraction of sp³-hybridized carbons (Fsp3) is 0.118. The van der Waals surface area contributed by atoms with Crippen molar-refractivity contribution in [2.45, 2.75) is 13.2 Å². The molecule has 0 saturated carbocycles. The summed E-state index contributed by atoms with van der Waals surface area (Å²) in [6.07, 6.45) is 0. The highest BCUT2D eigenvalue weighted by molar-refractivity contribution is 6.30. The van der Waals surface area contributed by atoms with E-state index in [1.807, 2.05) is 54.6 Å². The molecule has 3 nitrogen and oxygen atoms in total. The summed E-state index contributed by atoms with van der Waals surface area (Å²) in [6, 6.07) is 17.2. The van der Waals surface area contributed by atoms with Crippen LogP contribution in [0.25, 0.3) is 10.9 Å². The molecule has 0 aliphatic rings. The van der Waals surface area contributed by atoms with Gasteiger partial charge in [-0.25, -0.2) is 4.98 Å². The van der Waals surface area contributed by atoms with Crippen LogP contribution < -0.4 is 4.74 Å². The predicted molar refractivity (Wildman–Crippen MR) is 83.4 cm³/mol. The summed E-state index contributed by atoms with van der Waals surface area (Å²) in [5.41, 5.74) is 2.44. The Morgan fingerprint density at radius 2 is 1.76 bits per heavy atom. The standard InChI is InChI=1S/C17H14ClNO2/c18-17-14(9-12-5-1-3-7-15(12)19-17)11-21-16-8-4-2-6-13(16)10-20/h1-9,20H,10-11H2. The number of aliphatic hydroxyl groups is 1. The van der Waals surface area contributed by atoms with Gasteiger partial charge in [0.15, 0.2) is 0 Å². The van der Waals surface area contributed by atoms with Crippen molar-refractivity contribution in [3.63, 3.8) is 0 Å². The fourth-order valence-corrected chi connectivity index (χ4v) is 2.37. The maximum atomic E-state index is 9.29. The van der Waals surface area contributed by atoms with E-state index in [1.54, 1.807) is 0 Å². The Balaban J connectivity index is 1.86. The molecule has 3 aromatic rings. The van der Waals surface area contributed by atoms with Crippen LogP contribution in [-0.4, -0.2) is 10.1 Å². The summed E-state index contributed by atoms with van der Waals surface area (Å²) < 4.78 is 5.76. The first kappa shape index (κ1) is 13.9. The van der Waals surface area contributed by atoms with Gasteiger partial charge in [0.2, 0.25) is 0 Å². The number of nitrogens with zero attached hydrogens (tertiary/aromatic N) is 1. The summed E-state index contributed by atoms with van der Waals surface area (Å²) in [7, 11) is 0. The molecule has 0 radical (unpaired) electrons. The maximum absolute atomic E-state index is 9.29. The quantitative estimate of drug-likeness (QED) is 0.742. The Kier molecular flexibility index (Phi) is 4.04. The van der Waals surface area contributed by atoms with Gasteiger partial charge in [-0.1, -0.05) is 48.0 Å². The van der Waals surface area contributed by atoms with E-state index in [0.717, 1.165) is 22.0 Å². The van der Waals surface area contributed by atoms with E-state index in [9.17, 15) is 5.11 Å². The summed E-state index contributed by atoms with van der Waals surface area (Å²) in [5.74, 6) is 0.657. The normalized spacial score (nSPS) is 10.8. The summed E-state index contributed by atoms with van der Waals surface area (Å²) >= 11 is 6.20. The third kappa shape index (κ3) is 2.99. The van der Waals surface area contributed by atoms with Crippen molar-refractivity contribution >= 4 is 22.5 Å². The minimum absolute atomic E-state index is 0.0557. The van der Waals surface area contributed by atoms with E-state index in [4.69, 9.17) is 16.3 Å². The molecule has 1 aromatic heterocycles. The molecule has 1 heterocycles. The third-order valence-corrected chi connectivity index (χ3v) is 3.60. The monoisotopic (exact) mass is 299 g/mol. The molecule has 0 saturated heterocycles. The SMILES string of the molecule is OCc1ccccc1OCc1cc2ccccc2nc1Cl. The van der Waals surface area contributed by atoms with Crippen molar-refractivity contribution < 1.29 is 9.84 Å². The van der Waals surface area contributed by atoms with Crippen LogP contribution in [0, 0.1) is 0 Å². The van der Waals surface area contributed by atoms with Crippen LogP contribution >= 0.6 is 11.6 Å². The number of halogens is 1. The average Bonchev–Trinajstić information content (AvgIpc) is 2.53. The number of hydrogen-bond donors (Lipinski definition) is 1. The number of benzene rings is 2. The molecule has 3 rings (SSSR count). The molecule has 0 amide bonds. The third-order valence-electron chi connectivity index (χ3n) is 3.28. The maximum Gasteiger partial charge on any atom is 0.136 e. The zero-order valence-corrected chi connectivity index (χ0v) is 12.0. The van der Waals surface area contributed by atoms with Crippen LogP contribution in [0.2, 0.25) is 5.15 Å². The highest BCUT2D eigenvalue weighted by atomic mass is 35.5. The molecule has 0 aliphatic carbocycles. The van der Waals surface area contributed by atoms with Gasteiger partial charge in [-0.2, -0.15) is 0 Å². The van der Waals surface area contributed by atoms with Crippen LogP contribution in [0.4, 0.5) is 0 Å². The first-order valence-electron chi connectivity index (χ1n) is 6.63. The second-order valence-electron chi connectivity index (χ2n) is 4.69. The number of fused-ring (bicyclic) bond motifs is 1. The molecule has 106 valence electrons. The second-order valence-corrected chi connectivity index (χ2v) is 5.04. The Labute approximate surface area is 127 Å². The van der Waals surface area contributed by atoms with Crippen LogP contribution in [0.3, 0.4) is 0 Å². The lowest BCUT2D eigenvalue weighted by atomic mass is 10.1. The van der Waals surface area contributed by atoms with Crippen molar-refractivity contribution in [3.05, 3.63) is 70.9 Å². The molecule has 0 aliphatic heterocycles. The van der Waals surface area contributed by atoms with Gasteiger partial charge in [-0.3, -0.25) is 0 Å². The Morgan fingerprint density at radius 1 is 1.00 bits per heavy atom. The van der Waals surface area contributed by atoms with Gasteiger partial charge in [-0.15, -0.1) is 0 Å². The van der Waals surface area contributed by atoms with E-state index in [0.29, 0.717) is 17.5 Å². The van der Waals surface area contributed by atoms with Gasteiger partial charge in [0.25, 0.3) is 0 Å². The smallest absolute Gasteiger partial charge is 0.136 e. The number of para-hydroxylation sites is 2.